The normalized spacial score (nSPS) is 12.4. The Labute approximate surface area is 112 Å². The van der Waals surface area contributed by atoms with Crippen LogP contribution < -0.4 is 5.32 Å². The molecule has 0 aliphatic rings. The van der Waals surface area contributed by atoms with E-state index in [4.69, 9.17) is 11.6 Å². The first kappa shape index (κ1) is 13.0. The lowest BCUT2D eigenvalue weighted by atomic mass is 10.1. The first-order chi connectivity index (χ1) is 8.65. The van der Waals surface area contributed by atoms with Gasteiger partial charge in [0.25, 0.3) is 0 Å². The quantitative estimate of drug-likeness (QED) is 0.918. The summed E-state index contributed by atoms with van der Waals surface area (Å²) in [6.07, 6.45) is 3.58. The van der Waals surface area contributed by atoms with E-state index in [0.29, 0.717) is 6.54 Å². The Balaban J connectivity index is 1.96. The number of hydrogen-bond donors (Lipinski definition) is 1. The highest BCUT2D eigenvalue weighted by Gasteiger charge is 2.05. The molecule has 18 heavy (non-hydrogen) atoms. The smallest absolute Gasteiger partial charge is 0.0724 e. The minimum Gasteiger partial charge on any atom is -0.305 e. The lowest BCUT2D eigenvalue weighted by molar-refractivity contribution is 0.566. The monoisotopic (exact) mass is 261 g/mol. The van der Waals surface area contributed by atoms with Crippen molar-refractivity contribution >= 4 is 11.6 Å². The van der Waals surface area contributed by atoms with Gasteiger partial charge in [0.1, 0.15) is 0 Å². The Hall–Kier alpha value is -1.45. The summed E-state index contributed by atoms with van der Waals surface area (Å²) in [5, 5.41) is 4.16. The van der Waals surface area contributed by atoms with Gasteiger partial charge in [0, 0.05) is 30.0 Å². The molecule has 0 fully saturated rings. The second kappa shape index (κ2) is 5.94. The molecule has 3 nitrogen and oxygen atoms in total. The molecule has 0 radical (unpaired) electrons. The van der Waals surface area contributed by atoms with E-state index in [2.05, 4.69) is 28.3 Å². The molecule has 1 aromatic heterocycles. The number of halogens is 1. The van der Waals surface area contributed by atoms with E-state index in [9.17, 15) is 0 Å². The van der Waals surface area contributed by atoms with Gasteiger partial charge in [-0.25, -0.2) is 0 Å². The summed E-state index contributed by atoms with van der Waals surface area (Å²) < 4.78 is 0. The van der Waals surface area contributed by atoms with Crippen molar-refractivity contribution in [2.45, 2.75) is 26.4 Å². The molecule has 1 aromatic carbocycles. The molecule has 2 aromatic rings. The second-order valence-electron chi connectivity index (χ2n) is 4.31. The zero-order chi connectivity index (χ0) is 13.0. The third-order valence-electron chi connectivity index (χ3n) is 2.77. The second-order valence-corrected chi connectivity index (χ2v) is 4.74. The summed E-state index contributed by atoms with van der Waals surface area (Å²) in [6.45, 7) is 4.73. The molecule has 1 heterocycles. The molecule has 0 aliphatic heterocycles. The minimum atomic E-state index is 0.229. The third-order valence-corrected chi connectivity index (χ3v) is 3.01. The van der Waals surface area contributed by atoms with Gasteiger partial charge in [-0.3, -0.25) is 9.97 Å². The lowest BCUT2D eigenvalue weighted by Gasteiger charge is -2.14. The van der Waals surface area contributed by atoms with Crippen LogP contribution in [-0.4, -0.2) is 9.97 Å². The molecule has 2 rings (SSSR count). The number of nitrogens with zero attached hydrogens (tertiary/aromatic N) is 2. The molecule has 0 bridgehead atoms. The summed E-state index contributed by atoms with van der Waals surface area (Å²) in [4.78, 5) is 8.53. The van der Waals surface area contributed by atoms with E-state index >= 15 is 0 Å². The van der Waals surface area contributed by atoms with Crippen molar-refractivity contribution in [1.82, 2.24) is 15.3 Å². The van der Waals surface area contributed by atoms with Gasteiger partial charge in [0.15, 0.2) is 0 Å². The van der Waals surface area contributed by atoms with Gasteiger partial charge < -0.3 is 5.32 Å². The maximum absolute atomic E-state index is 5.97. The molecule has 0 amide bonds. The summed E-state index contributed by atoms with van der Waals surface area (Å²) in [5.74, 6) is 0. The van der Waals surface area contributed by atoms with E-state index in [1.54, 1.807) is 12.4 Å². The number of nitrogens with one attached hydrogen (secondary N) is 1. The Morgan fingerprint density at radius 2 is 2.11 bits per heavy atom. The van der Waals surface area contributed by atoms with Gasteiger partial charge in [0.05, 0.1) is 11.4 Å². The lowest BCUT2D eigenvalue weighted by Crippen LogP contribution is -2.18. The highest BCUT2D eigenvalue weighted by molar-refractivity contribution is 6.30. The summed E-state index contributed by atoms with van der Waals surface area (Å²) >= 11 is 5.97. The summed E-state index contributed by atoms with van der Waals surface area (Å²) in [6, 6.07) is 8.10. The zero-order valence-corrected chi connectivity index (χ0v) is 11.3. The highest BCUT2D eigenvalue weighted by Crippen LogP contribution is 2.17. The SMILES string of the molecule is Cc1cnc(CNC(C)c2cccc(Cl)c2)cn1. The molecular weight excluding hydrogens is 246 g/mol. The number of rotatable bonds is 4. The fourth-order valence-corrected chi connectivity index (χ4v) is 1.86. The van der Waals surface area contributed by atoms with Gasteiger partial charge in [-0.1, -0.05) is 23.7 Å². The molecule has 1 unspecified atom stereocenters. The molecular formula is C14H16ClN3. The van der Waals surface area contributed by atoms with Crippen molar-refractivity contribution in [2.24, 2.45) is 0 Å². The number of aryl methyl sites for hydroxylation is 1. The molecule has 4 heteroatoms. The van der Waals surface area contributed by atoms with Gasteiger partial charge in [-0.05, 0) is 31.5 Å². The van der Waals surface area contributed by atoms with E-state index in [-0.39, 0.29) is 6.04 Å². The third kappa shape index (κ3) is 3.52. The van der Waals surface area contributed by atoms with Crippen LogP contribution in [0.15, 0.2) is 36.7 Å². The van der Waals surface area contributed by atoms with Crippen LogP contribution in [0.1, 0.15) is 29.9 Å². The van der Waals surface area contributed by atoms with Crippen molar-refractivity contribution in [3.8, 4) is 0 Å². The van der Waals surface area contributed by atoms with Crippen molar-refractivity contribution in [3.05, 3.63) is 58.6 Å². The molecule has 1 N–H and O–H groups in total. The van der Waals surface area contributed by atoms with Crippen molar-refractivity contribution in [1.29, 1.82) is 0 Å². The average Bonchev–Trinajstić information content (AvgIpc) is 2.38. The number of benzene rings is 1. The van der Waals surface area contributed by atoms with Crippen LogP contribution in [0, 0.1) is 6.92 Å². The molecule has 1 atom stereocenters. The fraction of sp³-hybridized carbons (Fsp3) is 0.286. The Morgan fingerprint density at radius 1 is 1.28 bits per heavy atom. The number of aromatic nitrogens is 2. The topological polar surface area (TPSA) is 37.8 Å². The van der Waals surface area contributed by atoms with Crippen LogP contribution in [0.2, 0.25) is 5.02 Å². The molecule has 0 aliphatic carbocycles. The summed E-state index contributed by atoms with van der Waals surface area (Å²) in [7, 11) is 0. The van der Waals surface area contributed by atoms with Crippen LogP contribution >= 0.6 is 11.6 Å². The predicted octanol–water partition coefficient (Wildman–Crippen LogP) is 3.29. The zero-order valence-electron chi connectivity index (χ0n) is 10.5. The maximum atomic E-state index is 5.97. The van der Waals surface area contributed by atoms with Gasteiger partial charge in [0.2, 0.25) is 0 Å². The molecule has 0 saturated heterocycles. The van der Waals surface area contributed by atoms with Gasteiger partial charge in [-0.2, -0.15) is 0 Å². The van der Waals surface area contributed by atoms with E-state index in [0.717, 1.165) is 16.4 Å². The van der Waals surface area contributed by atoms with Gasteiger partial charge >= 0.3 is 0 Å². The van der Waals surface area contributed by atoms with Crippen LogP contribution in [0.25, 0.3) is 0 Å². The highest BCUT2D eigenvalue weighted by atomic mass is 35.5. The Bertz CT molecular complexity index is 511. The Kier molecular flexibility index (Phi) is 4.28. The average molecular weight is 262 g/mol. The Morgan fingerprint density at radius 3 is 2.78 bits per heavy atom. The molecule has 94 valence electrons. The molecule has 0 spiro atoms. The van der Waals surface area contributed by atoms with Crippen LogP contribution in [-0.2, 0) is 6.54 Å². The van der Waals surface area contributed by atoms with E-state index < -0.39 is 0 Å². The van der Waals surface area contributed by atoms with E-state index in [1.165, 1.54) is 5.56 Å². The summed E-state index contributed by atoms with van der Waals surface area (Å²) in [5.41, 5.74) is 3.04. The van der Waals surface area contributed by atoms with Crippen LogP contribution in [0.4, 0.5) is 0 Å². The van der Waals surface area contributed by atoms with Crippen molar-refractivity contribution < 1.29 is 0 Å². The van der Waals surface area contributed by atoms with E-state index in [1.807, 2.05) is 25.1 Å². The van der Waals surface area contributed by atoms with Crippen molar-refractivity contribution in [3.63, 3.8) is 0 Å². The first-order valence-electron chi connectivity index (χ1n) is 5.91. The van der Waals surface area contributed by atoms with Crippen LogP contribution in [0.3, 0.4) is 0 Å². The molecule has 0 saturated carbocycles. The minimum absolute atomic E-state index is 0.229. The fourth-order valence-electron chi connectivity index (χ4n) is 1.66. The standard InChI is InChI=1S/C14H16ClN3/c1-10-7-18-14(8-16-10)9-17-11(2)12-4-3-5-13(15)6-12/h3-8,11,17H,9H2,1-2H3. The van der Waals surface area contributed by atoms with Crippen LogP contribution in [0.5, 0.6) is 0 Å². The first-order valence-corrected chi connectivity index (χ1v) is 6.29. The largest absolute Gasteiger partial charge is 0.305 e. The number of hydrogen-bond acceptors (Lipinski definition) is 3. The predicted molar refractivity (Wildman–Crippen MR) is 73.5 cm³/mol. The van der Waals surface area contributed by atoms with Gasteiger partial charge in [-0.15, -0.1) is 0 Å². The van der Waals surface area contributed by atoms with Crippen molar-refractivity contribution in [2.75, 3.05) is 0 Å². The maximum Gasteiger partial charge on any atom is 0.0724 e.